The first-order chi connectivity index (χ1) is 9.18. The van der Waals surface area contributed by atoms with Crippen molar-refractivity contribution in [3.8, 4) is 0 Å². The summed E-state index contributed by atoms with van der Waals surface area (Å²) >= 11 is 0. The smallest absolute Gasteiger partial charge is 0.143 e. The molecule has 1 N–H and O–H groups in total. The summed E-state index contributed by atoms with van der Waals surface area (Å²) in [6.45, 7) is 15.4. The molecule has 2 heteroatoms. The van der Waals surface area contributed by atoms with E-state index in [0.29, 0.717) is 17.7 Å². The van der Waals surface area contributed by atoms with Gasteiger partial charge < -0.3 is 5.32 Å². The van der Waals surface area contributed by atoms with Crippen LogP contribution in [0.5, 0.6) is 0 Å². The molecule has 0 spiro atoms. The lowest BCUT2D eigenvalue weighted by Crippen LogP contribution is -2.51. The van der Waals surface area contributed by atoms with Gasteiger partial charge in [0.2, 0.25) is 0 Å². The molecule has 1 rings (SSSR count). The van der Waals surface area contributed by atoms with Gasteiger partial charge in [0.1, 0.15) is 5.78 Å². The number of carbonyl (C=O) groups excluding carboxylic acids is 1. The number of nitrogens with one attached hydrogen (secondary N) is 1. The minimum Gasteiger partial charge on any atom is -0.308 e. The van der Waals surface area contributed by atoms with Gasteiger partial charge in [0.15, 0.2) is 0 Å². The average molecular weight is 281 g/mol. The maximum Gasteiger partial charge on any atom is 0.143 e. The first-order valence-corrected chi connectivity index (χ1v) is 8.50. The van der Waals surface area contributed by atoms with E-state index in [1.807, 2.05) is 0 Å². The van der Waals surface area contributed by atoms with Gasteiger partial charge in [0.05, 0.1) is 0 Å². The largest absolute Gasteiger partial charge is 0.308 e. The molecule has 1 aliphatic rings. The number of Topliss-reactive ketones (excluding diaryl/α,β-unsaturated/α-hetero) is 1. The van der Waals surface area contributed by atoms with E-state index >= 15 is 0 Å². The van der Waals surface area contributed by atoms with Gasteiger partial charge >= 0.3 is 0 Å². The maximum absolute atomic E-state index is 12.8. The van der Waals surface area contributed by atoms with Gasteiger partial charge in [-0.25, -0.2) is 0 Å². The summed E-state index contributed by atoms with van der Waals surface area (Å²) in [7, 11) is 0. The highest BCUT2D eigenvalue weighted by Gasteiger charge is 2.49. The third-order valence-electron chi connectivity index (χ3n) is 5.27. The van der Waals surface area contributed by atoms with Crippen molar-refractivity contribution >= 4 is 5.78 Å². The third-order valence-corrected chi connectivity index (χ3v) is 5.27. The first-order valence-electron chi connectivity index (χ1n) is 8.50. The van der Waals surface area contributed by atoms with Crippen LogP contribution in [0, 0.1) is 17.3 Å². The van der Waals surface area contributed by atoms with Crippen molar-refractivity contribution in [1.82, 2.24) is 5.32 Å². The lowest BCUT2D eigenvalue weighted by Gasteiger charge is -2.36. The molecular formula is C18H35NO. The lowest BCUT2D eigenvalue weighted by atomic mass is 9.82. The Labute approximate surface area is 126 Å². The van der Waals surface area contributed by atoms with Crippen LogP contribution in [-0.4, -0.2) is 17.4 Å². The molecule has 0 heterocycles. The Morgan fingerprint density at radius 2 is 1.90 bits per heavy atom. The molecule has 0 aromatic heterocycles. The maximum atomic E-state index is 12.8. The molecule has 0 aromatic rings. The van der Waals surface area contributed by atoms with E-state index in [4.69, 9.17) is 0 Å². The van der Waals surface area contributed by atoms with Crippen LogP contribution in [-0.2, 0) is 4.79 Å². The molecule has 0 amide bonds. The van der Waals surface area contributed by atoms with E-state index in [1.54, 1.807) is 0 Å². The van der Waals surface area contributed by atoms with Gasteiger partial charge in [-0.15, -0.1) is 0 Å². The number of hydrogen-bond donors (Lipinski definition) is 1. The lowest BCUT2D eigenvalue weighted by molar-refractivity contribution is -0.128. The zero-order valence-electron chi connectivity index (χ0n) is 14.7. The van der Waals surface area contributed by atoms with Gasteiger partial charge in [0.25, 0.3) is 0 Å². The molecule has 0 saturated heterocycles. The summed E-state index contributed by atoms with van der Waals surface area (Å²) in [6.07, 6.45) is 5.51. The fourth-order valence-electron chi connectivity index (χ4n) is 3.71. The Hall–Kier alpha value is -0.370. The standard InChI is InChI=1S/C18H35NO/c1-8-11-14(19-18(6,7)10-3)15-13(9-2)12-17(4,5)16(15)20/h13-15,19H,8-12H2,1-7H3/t13?,14?,15-/m0/s1. The summed E-state index contributed by atoms with van der Waals surface area (Å²) in [5.74, 6) is 1.25. The van der Waals surface area contributed by atoms with Crippen molar-refractivity contribution in [2.24, 2.45) is 17.3 Å². The Morgan fingerprint density at radius 1 is 1.30 bits per heavy atom. The van der Waals surface area contributed by atoms with Crippen molar-refractivity contribution < 1.29 is 4.79 Å². The van der Waals surface area contributed by atoms with E-state index in [-0.39, 0.29) is 16.9 Å². The highest BCUT2D eigenvalue weighted by Crippen LogP contribution is 2.45. The average Bonchev–Trinajstić information content (AvgIpc) is 2.59. The molecule has 0 bridgehead atoms. The van der Waals surface area contributed by atoms with Gasteiger partial charge in [-0.1, -0.05) is 47.5 Å². The molecule has 1 aliphatic carbocycles. The van der Waals surface area contributed by atoms with Crippen molar-refractivity contribution in [3.05, 3.63) is 0 Å². The Kier molecular flexibility index (Phi) is 5.83. The summed E-state index contributed by atoms with van der Waals surface area (Å²) in [4.78, 5) is 12.8. The normalized spacial score (nSPS) is 27.9. The summed E-state index contributed by atoms with van der Waals surface area (Å²) < 4.78 is 0. The summed E-state index contributed by atoms with van der Waals surface area (Å²) in [5.41, 5.74) is -0.0134. The second kappa shape index (κ2) is 6.60. The molecule has 20 heavy (non-hydrogen) atoms. The molecular weight excluding hydrogens is 246 g/mol. The molecule has 2 unspecified atom stereocenters. The molecule has 0 aromatic carbocycles. The fourth-order valence-corrected chi connectivity index (χ4v) is 3.71. The van der Waals surface area contributed by atoms with Crippen LogP contribution in [0.3, 0.4) is 0 Å². The molecule has 118 valence electrons. The molecule has 0 radical (unpaired) electrons. The SMILES string of the molecule is CCCC(NC(C)(C)CC)[C@H]1C(=O)C(C)(C)CC1CC. The van der Waals surface area contributed by atoms with E-state index in [2.05, 4.69) is 53.8 Å². The summed E-state index contributed by atoms with van der Waals surface area (Å²) in [6, 6.07) is 0.342. The van der Waals surface area contributed by atoms with Crippen LogP contribution in [0.4, 0.5) is 0 Å². The van der Waals surface area contributed by atoms with Crippen LogP contribution in [0.25, 0.3) is 0 Å². The predicted molar refractivity (Wildman–Crippen MR) is 86.9 cm³/mol. The van der Waals surface area contributed by atoms with Crippen molar-refractivity contribution in [1.29, 1.82) is 0 Å². The van der Waals surface area contributed by atoms with Gasteiger partial charge in [-0.3, -0.25) is 4.79 Å². The Balaban J connectivity index is 2.97. The number of hydrogen-bond acceptors (Lipinski definition) is 2. The van der Waals surface area contributed by atoms with E-state index in [0.717, 1.165) is 32.1 Å². The van der Waals surface area contributed by atoms with Crippen molar-refractivity contribution in [2.45, 2.75) is 92.2 Å². The van der Waals surface area contributed by atoms with E-state index < -0.39 is 0 Å². The van der Waals surface area contributed by atoms with Crippen LogP contribution in [0.1, 0.15) is 80.6 Å². The Bertz CT molecular complexity index is 332. The quantitative estimate of drug-likeness (QED) is 0.740. The van der Waals surface area contributed by atoms with Gasteiger partial charge in [-0.2, -0.15) is 0 Å². The highest BCUT2D eigenvalue weighted by molar-refractivity contribution is 5.89. The second-order valence-electron chi connectivity index (χ2n) is 7.92. The molecule has 3 atom stereocenters. The molecule has 0 aliphatic heterocycles. The minimum absolute atomic E-state index is 0.116. The number of rotatable bonds is 7. The van der Waals surface area contributed by atoms with Crippen LogP contribution >= 0.6 is 0 Å². The second-order valence-corrected chi connectivity index (χ2v) is 7.92. The molecule has 2 nitrogen and oxygen atoms in total. The fraction of sp³-hybridized carbons (Fsp3) is 0.944. The number of ketones is 1. The molecule has 1 saturated carbocycles. The first kappa shape index (κ1) is 17.7. The van der Waals surface area contributed by atoms with Crippen LogP contribution in [0.2, 0.25) is 0 Å². The monoisotopic (exact) mass is 281 g/mol. The van der Waals surface area contributed by atoms with Gasteiger partial charge in [-0.05, 0) is 39.0 Å². The van der Waals surface area contributed by atoms with Gasteiger partial charge in [0, 0.05) is 22.9 Å². The number of carbonyl (C=O) groups is 1. The predicted octanol–water partition coefficient (Wildman–Crippen LogP) is 4.57. The zero-order valence-corrected chi connectivity index (χ0v) is 14.7. The third kappa shape index (κ3) is 3.84. The van der Waals surface area contributed by atoms with E-state index in [9.17, 15) is 4.79 Å². The summed E-state index contributed by atoms with van der Waals surface area (Å²) in [5, 5.41) is 3.80. The van der Waals surface area contributed by atoms with Crippen molar-refractivity contribution in [2.75, 3.05) is 0 Å². The minimum atomic E-state index is -0.130. The zero-order chi connectivity index (χ0) is 15.6. The highest BCUT2D eigenvalue weighted by atomic mass is 16.1. The molecule has 1 fully saturated rings. The van der Waals surface area contributed by atoms with Crippen LogP contribution in [0.15, 0.2) is 0 Å². The topological polar surface area (TPSA) is 29.1 Å². The Morgan fingerprint density at radius 3 is 2.35 bits per heavy atom. The van der Waals surface area contributed by atoms with Crippen LogP contribution < -0.4 is 5.32 Å². The van der Waals surface area contributed by atoms with E-state index in [1.165, 1.54) is 0 Å². The van der Waals surface area contributed by atoms with Crippen molar-refractivity contribution in [3.63, 3.8) is 0 Å².